The Bertz CT molecular complexity index is 963. The predicted molar refractivity (Wildman–Crippen MR) is 99.4 cm³/mol. The van der Waals surface area contributed by atoms with Crippen LogP contribution in [-0.4, -0.2) is 22.1 Å². The van der Waals surface area contributed by atoms with E-state index in [1.54, 1.807) is 7.11 Å². The van der Waals surface area contributed by atoms with Crippen LogP contribution in [-0.2, 0) is 12.8 Å². The van der Waals surface area contributed by atoms with Crippen molar-refractivity contribution >= 4 is 10.9 Å². The zero-order chi connectivity index (χ0) is 18.0. The fraction of sp³-hybridized carbons (Fsp3) is 0.350. The number of fused-ring (bicyclic) bond motifs is 1. The molecule has 3 aromatic rings. The van der Waals surface area contributed by atoms with E-state index in [1.807, 2.05) is 26.0 Å². The van der Waals surface area contributed by atoms with Gasteiger partial charge in [-0.2, -0.15) is 4.98 Å². The highest BCUT2D eigenvalue weighted by Crippen LogP contribution is 2.24. The zero-order valence-corrected chi connectivity index (χ0v) is 15.1. The van der Waals surface area contributed by atoms with Crippen LogP contribution in [0.5, 0.6) is 5.88 Å². The van der Waals surface area contributed by atoms with Gasteiger partial charge >= 0.3 is 0 Å². The van der Waals surface area contributed by atoms with Crippen LogP contribution in [0.3, 0.4) is 0 Å². The minimum Gasteiger partial charge on any atom is -0.481 e. The first kappa shape index (κ1) is 17.1. The third-order valence-electron chi connectivity index (χ3n) is 4.49. The molecular formula is C20H23N3O2. The van der Waals surface area contributed by atoms with Crippen molar-refractivity contribution in [2.75, 3.05) is 7.11 Å². The van der Waals surface area contributed by atoms with Gasteiger partial charge in [0.25, 0.3) is 5.56 Å². The Labute approximate surface area is 147 Å². The summed E-state index contributed by atoms with van der Waals surface area (Å²) >= 11 is 0. The van der Waals surface area contributed by atoms with E-state index in [-0.39, 0.29) is 11.5 Å². The van der Waals surface area contributed by atoms with Gasteiger partial charge in [0.2, 0.25) is 5.88 Å². The van der Waals surface area contributed by atoms with Gasteiger partial charge in [0.15, 0.2) is 0 Å². The fourth-order valence-electron chi connectivity index (χ4n) is 3.07. The second-order valence-corrected chi connectivity index (χ2v) is 6.38. The molecule has 25 heavy (non-hydrogen) atoms. The minimum absolute atomic E-state index is 0.00374. The second-order valence-electron chi connectivity index (χ2n) is 6.38. The van der Waals surface area contributed by atoms with Crippen LogP contribution in [0.15, 0.2) is 35.1 Å². The van der Waals surface area contributed by atoms with Crippen LogP contribution < -0.4 is 10.3 Å². The first-order valence-corrected chi connectivity index (χ1v) is 8.54. The van der Waals surface area contributed by atoms with Crippen LogP contribution in [0.1, 0.15) is 42.4 Å². The van der Waals surface area contributed by atoms with Crippen LogP contribution in [0.2, 0.25) is 0 Å². The molecule has 2 heterocycles. The molecule has 1 aromatic carbocycles. The highest BCUT2D eigenvalue weighted by molar-refractivity contribution is 5.79. The molecule has 0 bridgehead atoms. The van der Waals surface area contributed by atoms with Gasteiger partial charge in [0.1, 0.15) is 5.82 Å². The maximum absolute atomic E-state index is 12.1. The Kier molecular flexibility index (Phi) is 4.83. The molecule has 0 aliphatic rings. The summed E-state index contributed by atoms with van der Waals surface area (Å²) in [7, 11) is 1.61. The van der Waals surface area contributed by atoms with Gasteiger partial charge in [-0.05, 0) is 48.8 Å². The lowest BCUT2D eigenvalue weighted by atomic mass is 9.94. The molecule has 0 unspecified atom stereocenters. The summed E-state index contributed by atoms with van der Waals surface area (Å²) in [4.78, 5) is 23.8. The van der Waals surface area contributed by atoms with Crippen molar-refractivity contribution in [1.82, 2.24) is 15.0 Å². The van der Waals surface area contributed by atoms with Crippen LogP contribution >= 0.6 is 0 Å². The number of aryl methyl sites for hydroxylation is 2. The van der Waals surface area contributed by atoms with E-state index in [9.17, 15) is 4.79 Å². The van der Waals surface area contributed by atoms with E-state index in [2.05, 4.69) is 40.1 Å². The standard InChI is InChI=1S/C20H23N3O2/c1-5-14-9-16-7-6-15(10-18(16)23-20(14)24)12(2)8-17-11-19(25-4)22-13(3)21-17/h6-7,9-12H,5,8H2,1-4H3,(H,23,24)/t12-/m0/s1. The summed E-state index contributed by atoms with van der Waals surface area (Å²) in [6.07, 6.45) is 1.51. The maximum Gasteiger partial charge on any atom is 0.251 e. The Morgan fingerprint density at radius 2 is 2.00 bits per heavy atom. The number of aromatic amines is 1. The third-order valence-corrected chi connectivity index (χ3v) is 4.49. The molecule has 5 heteroatoms. The van der Waals surface area contributed by atoms with Crippen LogP contribution in [0, 0.1) is 6.92 Å². The number of rotatable bonds is 5. The van der Waals surface area contributed by atoms with Crippen LogP contribution in [0.25, 0.3) is 10.9 Å². The summed E-state index contributed by atoms with van der Waals surface area (Å²) in [6.45, 7) is 6.01. The Balaban J connectivity index is 1.90. The smallest absolute Gasteiger partial charge is 0.251 e. The Morgan fingerprint density at radius 3 is 2.72 bits per heavy atom. The van der Waals surface area contributed by atoms with Gasteiger partial charge in [0, 0.05) is 22.8 Å². The monoisotopic (exact) mass is 337 g/mol. The van der Waals surface area contributed by atoms with Crippen LogP contribution in [0.4, 0.5) is 0 Å². The second kappa shape index (κ2) is 7.05. The fourth-order valence-corrected chi connectivity index (χ4v) is 3.07. The van der Waals surface area contributed by atoms with Gasteiger partial charge in [-0.3, -0.25) is 4.79 Å². The number of ether oxygens (including phenoxy) is 1. The van der Waals surface area contributed by atoms with Crippen molar-refractivity contribution in [3.8, 4) is 5.88 Å². The lowest BCUT2D eigenvalue weighted by Crippen LogP contribution is -2.11. The molecule has 0 saturated carbocycles. The Hall–Kier alpha value is -2.69. The van der Waals surface area contributed by atoms with E-state index in [0.29, 0.717) is 11.7 Å². The lowest BCUT2D eigenvalue weighted by Gasteiger charge is -2.13. The first-order valence-electron chi connectivity index (χ1n) is 8.54. The SMILES string of the molecule is CCc1cc2ccc([C@@H](C)Cc3cc(OC)nc(C)n3)cc2[nH]c1=O. The van der Waals surface area contributed by atoms with E-state index in [1.165, 1.54) is 5.56 Å². The molecule has 0 amide bonds. The topological polar surface area (TPSA) is 67.9 Å². The molecule has 0 spiro atoms. The summed E-state index contributed by atoms with van der Waals surface area (Å²) in [5.41, 5.74) is 3.81. The average Bonchev–Trinajstić information content (AvgIpc) is 2.59. The van der Waals surface area contributed by atoms with Gasteiger partial charge < -0.3 is 9.72 Å². The molecular weight excluding hydrogens is 314 g/mol. The molecule has 0 aliphatic heterocycles. The van der Waals surface area contributed by atoms with Gasteiger partial charge in [-0.1, -0.05) is 26.0 Å². The highest BCUT2D eigenvalue weighted by Gasteiger charge is 2.11. The number of methoxy groups -OCH3 is 1. The number of nitrogens with zero attached hydrogens (tertiary/aromatic N) is 2. The third kappa shape index (κ3) is 3.71. The summed E-state index contributed by atoms with van der Waals surface area (Å²) in [5, 5.41) is 1.06. The van der Waals surface area contributed by atoms with E-state index >= 15 is 0 Å². The average molecular weight is 337 g/mol. The number of H-pyrrole nitrogens is 1. The van der Waals surface area contributed by atoms with E-state index < -0.39 is 0 Å². The Morgan fingerprint density at radius 1 is 1.20 bits per heavy atom. The maximum atomic E-state index is 12.1. The molecule has 0 aliphatic carbocycles. The minimum atomic E-state index is -0.00374. The van der Waals surface area contributed by atoms with Crippen molar-refractivity contribution in [1.29, 1.82) is 0 Å². The van der Waals surface area contributed by atoms with Gasteiger partial charge in [-0.25, -0.2) is 4.98 Å². The zero-order valence-electron chi connectivity index (χ0n) is 15.1. The lowest BCUT2D eigenvalue weighted by molar-refractivity contribution is 0.394. The first-order chi connectivity index (χ1) is 12.0. The molecule has 1 N–H and O–H groups in total. The largest absolute Gasteiger partial charge is 0.481 e. The number of benzene rings is 1. The van der Waals surface area contributed by atoms with Crippen molar-refractivity contribution < 1.29 is 4.74 Å². The molecule has 0 fully saturated rings. The number of nitrogens with one attached hydrogen (secondary N) is 1. The molecule has 130 valence electrons. The van der Waals surface area contributed by atoms with Crippen molar-refractivity contribution in [3.63, 3.8) is 0 Å². The number of aromatic nitrogens is 3. The molecule has 0 radical (unpaired) electrons. The molecule has 1 atom stereocenters. The van der Waals surface area contributed by atoms with E-state index in [4.69, 9.17) is 4.74 Å². The molecule has 0 saturated heterocycles. The van der Waals surface area contributed by atoms with Gasteiger partial charge in [0.05, 0.1) is 7.11 Å². The molecule has 2 aromatic heterocycles. The summed E-state index contributed by atoms with van der Waals surface area (Å²) in [5.74, 6) is 1.55. The van der Waals surface area contributed by atoms with E-state index in [0.717, 1.165) is 35.0 Å². The van der Waals surface area contributed by atoms with Crippen molar-refractivity contribution in [2.24, 2.45) is 0 Å². The highest BCUT2D eigenvalue weighted by atomic mass is 16.5. The van der Waals surface area contributed by atoms with Gasteiger partial charge in [-0.15, -0.1) is 0 Å². The predicted octanol–water partition coefficient (Wildman–Crippen LogP) is 3.54. The summed E-state index contributed by atoms with van der Waals surface area (Å²) < 4.78 is 5.22. The van der Waals surface area contributed by atoms with Crippen molar-refractivity contribution in [2.45, 2.75) is 39.5 Å². The number of hydrogen-bond acceptors (Lipinski definition) is 4. The molecule has 3 rings (SSSR count). The summed E-state index contributed by atoms with van der Waals surface area (Å²) in [6, 6.07) is 10.1. The normalized spacial score (nSPS) is 12.3. The number of hydrogen-bond donors (Lipinski definition) is 1. The quantitative estimate of drug-likeness (QED) is 0.773. The van der Waals surface area contributed by atoms with Crippen molar-refractivity contribution in [3.05, 3.63) is 63.3 Å². The molecule has 5 nitrogen and oxygen atoms in total. The number of pyridine rings is 1.